The van der Waals surface area contributed by atoms with E-state index in [1.807, 2.05) is 0 Å². The van der Waals surface area contributed by atoms with Crippen LogP contribution in [0.3, 0.4) is 0 Å². The van der Waals surface area contributed by atoms with Crippen molar-refractivity contribution in [3.8, 4) is 0 Å². The van der Waals surface area contributed by atoms with Gasteiger partial charge in [-0.05, 0) is 40.2 Å². The number of hydrogen-bond donors (Lipinski definition) is 22. The minimum absolute atomic E-state index is 0.231. The number of unbranched alkanes of at least 4 members (excludes halogenated alkanes) is 5. The zero-order chi connectivity index (χ0) is 67.9. The molecular weight excluding hydrogens is 1260 g/mol. The van der Waals surface area contributed by atoms with Crippen molar-refractivity contribution in [2.45, 2.75) is 280 Å². The molecule has 0 aliphatic carbocycles. The number of alkyl carbamates (subject to hydrolysis) is 1. The average molecular weight is 1360 g/mol. The van der Waals surface area contributed by atoms with E-state index >= 15 is 0 Å². The van der Waals surface area contributed by atoms with Gasteiger partial charge in [0.1, 0.15) is 177 Å². The van der Waals surface area contributed by atoms with E-state index in [0.717, 1.165) is 25.7 Å². The van der Waals surface area contributed by atoms with Gasteiger partial charge in [0.15, 0.2) is 44.0 Å². The topological polar surface area (TPSA) is 584 Å². The molecule has 542 valence electrons. The Balaban J connectivity index is 1.03. The van der Waals surface area contributed by atoms with Crippen molar-refractivity contribution in [2.75, 3.05) is 59.3 Å². The van der Waals surface area contributed by atoms with Crippen LogP contribution in [0.1, 0.15) is 59.3 Å². The summed E-state index contributed by atoms with van der Waals surface area (Å²) in [6, 6.07) is 0. The second kappa shape index (κ2) is 34.3. The summed E-state index contributed by atoms with van der Waals surface area (Å²) in [5.41, 5.74) is -0.636. The van der Waals surface area contributed by atoms with Crippen LogP contribution in [0.15, 0.2) is 0 Å². The Bertz CT molecular complexity index is 2220. The van der Waals surface area contributed by atoms with E-state index < -0.39 is 266 Å². The van der Waals surface area contributed by atoms with E-state index in [1.54, 1.807) is 20.8 Å². The molecule has 0 unspecified atom stereocenters. The van der Waals surface area contributed by atoms with Crippen molar-refractivity contribution in [1.29, 1.82) is 0 Å². The normalized spacial score (nSPS) is 48.0. The number of nitrogens with one attached hydrogen (secondary N) is 2. The Morgan fingerprint density at radius 1 is 0.301 bits per heavy atom. The smallest absolute Gasteiger partial charge is 0.407 e. The third-order valence-corrected chi connectivity index (χ3v) is 17.4. The standard InChI is InChI=1S/C55H96N2O36/c1-55(2,3)93-54(78)57-11-9-7-5-4-6-8-10-56-12-19-40-26(64)33(71)47(79-19)87-41-20(13-58)81-49(35(73)28(41)66)89-43-22(15-60)83-51(37(75)30(43)68)91-45-24(17-62)85-53(39(77)32(45)70)92-46-25(18-63)84-52(38(76)31(46)69)90-44-23(16-61)82-50(36(74)29(44)67)88-42-21(14-59)80-48(86-40)34(72)27(42)65/h19-53,56,58-77H,4-18H2,1-3H3,(H,57,78)/t19-,20-,21-,22-,23-,24-,25-,26-,27-,28-,29-,30-,31-,32-,33-,34-,35-,36-,37-,38-,39-,40-,41-,42-,43-,44-,45-,46-,47-,48-,49-,50-,51-,52-,53-/m1/s1. The summed E-state index contributed by atoms with van der Waals surface area (Å²) in [5, 5.41) is 230. The van der Waals surface area contributed by atoms with Crippen LogP contribution in [-0.2, 0) is 71.1 Å². The number of aliphatic hydroxyl groups is 20. The summed E-state index contributed by atoms with van der Waals surface area (Å²) in [6.07, 6.45) is -65.5. The van der Waals surface area contributed by atoms with E-state index in [4.69, 9.17) is 71.1 Å². The minimum atomic E-state index is -2.21. The lowest BCUT2D eigenvalue weighted by atomic mass is 9.95. The van der Waals surface area contributed by atoms with Crippen molar-refractivity contribution < 1.29 is 178 Å². The largest absolute Gasteiger partial charge is 0.444 e. The first-order chi connectivity index (χ1) is 44.2. The summed E-state index contributed by atoms with van der Waals surface area (Å²) < 4.78 is 87.0. The van der Waals surface area contributed by atoms with E-state index in [1.165, 1.54) is 0 Å². The van der Waals surface area contributed by atoms with Crippen LogP contribution in [0.4, 0.5) is 4.79 Å². The highest BCUT2D eigenvalue weighted by atomic mass is 16.8. The summed E-state index contributed by atoms with van der Waals surface area (Å²) in [5.74, 6) is 0. The van der Waals surface area contributed by atoms with Crippen LogP contribution in [0.2, 0.25) is 0 Å². The monoisotopic (exact) mass is 1360 g/mol. The second-order valence-electron chi connectivity index (χ2n) is 25.2. The van der Waals surface area contributed by atoms with Gasteiger partial charge in [-0.3, -0.25) is 0 Å². The highest BCUT2D eigenvalue weighted by molar-refractivity contribution is 5.67. The zero-order valence-electron chi connectivity index (χ0n) is 51.3. The molecule has 22 N–H and O–H groups in total. The predicted octanol–water partition coefficient (Wildman–Crippen LogP) is -11.8. The lowest BCUT2D eigenvalue weighted by Gasteiger charge is -2.50. The molecule has 0 aromatic heterocycles. The molecule has 0 aromatic carbocycles. The second-order valence-corrected chi connectivity index (χ2v) is 25.2. The number of aliphatic hydroxyl groups excluding tert-OH is 20. The van der Waals surface area contributed by atoms with Gasteiger partial charge in [-0.2, -0.15) is 0 Å². The fraction of sp³-hybridized carbons (Fsp3) is 0.982. The van der Waals surface area contributed by atoms with Gasteiger partial charge in [-0.15, -0.1) is 0 Å². The van der Waals surface area contributed by atoms with Crippen LogP contribution in [0.25, 0.3) is 0 Å². The van der Waals surface area contributed by atoms with Gasteiger partial charge in [-0.1, -0.05) is 25.7 Å². The Hall–Kier alpha value is -2.13. The number of carbonyl (C=O) groups is 1. The molecule has 0 spiro atoms. The van der Waals surface area contributed by atoms with Crippen molar-refractivity contribution in [1.82, 2.24) is 10.6 Å². The molecule has 21 saturated heterocycles. The molecule has 21 aliphatic heterocycles. The number of ether oxygens (including phenoxy) is 15. The molecule has 93 heavy (non-hydrogen) atoms. The number of rotatable bonds is 17. The molecule has 38 nitrogen and oxygen atoms in total. The Kier molecular flexibility index (Phi) is 28.3. The average Bonchev–Trinajstić information content (AvgIpc) is 0.789. The van der Waals surface area contributed by atoms with E-state index in [-0.39, 0.29) is 6.54 Å². The van der Waals surface area contributed by atoms with Gasteiger partial charge < -0.3 is 184 Å². The molecule has 21 fully saturated rings. The molecular formula is C55H96N2O36. The summed E-state index contributed by atoms with van der Waals surface area (Å²) in [7, 11) is 0. The molecule has 0 radical (unpaired) electrons. The predicted molar refractivity (Wildman–Crippen MR) is 296 cm³/mol. The van der Waals surface area contributed by atoms with Gasteiger partial charge in [-0.25, -0.2) is 4.79 Å². The van der Waals surface area contributed by atoms with Gasteiger partial charge in [0.2, 0.25) is 0 Å². The van der Waals surface area contributed by atoms with Gasteiger partial charge >= 0.3 is 6.09 Å². The quantitative estimate of drug-likeness (QED) is 0.0601. The highest BCUT2D eigenvalue weighted by Crippen LogP contribution is 2.39. The minimum Gasteiger partial charge on any atom is -0.444 e. The van der Waals surface area contributed by atoms with Crippen LogP contribution in [-0.4, -0.2) is 388 Å². The van der Waals surface area contributed by atoms with Gasteiger partial charge in [0.25, 0.3) is 0 Å². The fourth-order valence-corrected chi connectivity index (χ4v) is 12.3. The molecule has 21 aliphatic rings. The molecule has 1 amide bonds. The summed E-state index contributed by atoms with van der Waals surface area (Å²) in [6.45, 7) is -0.450. The van der Waals surface area contributed by atoms with Crippen molar-refractivity contribution in [3.63, 3.8) is 0 Å². The molecule has 14 bridgehead atoms. The molecule has 0 saturated carbocycles. The molecule has 0 aromatic rings. The van der Waals surface area contributed by atoms with E-state index in [2.05, 4.69) is 10.6 Å². The van der Waals surface area contributed by atoms with Crippen LogP contribution < -0.4 is 10.6 Å². The summed E-state index contributed by atoms with van der Waals surface area (Å²) >= 11 is 0. The number of hydrogen-bond acceptors (Lipinski definition) is 37. The molecule has 38 heteroatoms. The fourth-order valence-electron chi connectivity index (χ4n) is 12.3. The zero-order valence-corrected chi connectivity index (χ0v) is 51.3. The maximum atomic E-state index is 12.0. The van der Waals surface area contributed by atoms with Gasteiger partial charge in [0.05, 0.1) is 39.6 Å². The van der Waals surface area contributed by atoms with Crippen LogP contribution in [0, 0.1) is 0 Å². The number of amides is 1. The molecule has 21 rings (SSSR count). The third-order valence-electron chi connectivity index (χ3n) is 17.4. The summed E-state index contributed by atoms with van der Waals surface area (Å²) in [4.78, 5) is 12.0. The first kappa shape index (κ1) is 76.6. The van der Waals surface area contributed by atoms with Crippen molar-refractivity contribution in [2.24, 2.45) is 0 Å². The van der Waals surface area contributed by atoms with Crippen LogP contribution in [0.5, 0.6) is 0 Å². The van der Waals surface area contributed by atoms with Crippen molar-refractivity contribution >= 4 is 6.09 Å². The molecule has 21 heterocycles. The molecule has 35 atom stereocenters. The maximum absolute atomic E-state index is 12.0. The maximum Gasteiger partial charge on any atom is 0.407 e. The Labute approximate surface area is 532 Å². The van der Waals surface area contributed by atoms with Crippen LogP contribution >= 0.6 is 0 Å². The van der Waals surface area contributed by atoms with Gasteiger partial charge in [0, 0.05) is 13.1 Å². The third kappa shape index (κ3) is 17.9. The first-order valence-corrected chi connectivity index (χ1v) is 31.2. The Morgan fingerprint density at radius 3 is 0.731 bits per heavy atom. The highest BCUT2D eigenvalue weighted by Gasteiger charge is 2.59. The van der Waals surface area contributed by atoms with Crippen molar-refractivity contribution in [3.05, 3.63) is 0 Å². The first-order valence-electron chi connectivity index (χ1n) is 31.2. The number of carbonyl (C=O) groups excluding carboxylic acids is 1. The SMILES string of the molecule is CC(C)(C)OC(=O)NCCCCCCCCNC[C@H]1O[C@@H]2O[C@H]3[C@H](O)[C@@H](O)[C@@H](O[C@H]4[C@H](O)[C@@H](O)[C@@H](O[C@H]5[C@H](O)[C@@H](O)[C@@H](O[C@H]6[C@H](O)[C@@H](O)[C@@H](O[C@H]7[C@H](O)[C@@H](O)[C@@H](O[C@H]8[C@H](O)[C@@H](O)[C@@H](O[C@H]1[C@H](O)[C@H]2O)O[C@@H]8CO)O[C@@H]7CO)O[C@@H]6CO)O[C@@H]5CO)O[C@@H]4CO)O[C@@H]3CO. The Morgan fingerprint density at radius 2 is 0.505 bits per heavy atom. The lowest BCUT2D eigenvalue weighted by Crippen LogP contribution is -2.68. The lowest BCUT2D eigenvalue weighted by molar-refractivity contribution is -0.396. The van der Waals surface area contributed by atoms with E-state index in [0.29, 0.717) is 25.9 Å². The van der Waals surface area contributed by atoms with E-state index in [9.17, 15) is 107 Å².